The fraction of sp³-hybridized carbons (Fsp3) is 0.429. The summed E-state index contributed by atoms with van der Waals surface area (Å²) in [4.78, 5) is 26.2. The van der Waals surface area contributed by atoms with Crippen LogP contribution >= 0.6 is 0 Å². The van der Waals surface area contributed by atoms with E-state index in [9.17, 15) is 9.59 Å². The number of hydrogen-bond acceptors (Lipinski definition) is 4. The Kier molecular flexibility index (Phi) is 4.52. The smallest absolute Gasteiger partial charge is 0.290 e. The Labute approximate surface area is 122 Å². The SMILES string of the molecule is CCCn1nnn(C(=O)N(c2ccccc2)C(C)C)c1=O. The molecule has 0 saturated carbocycles. The first kappa shape index (κ1) is 15.0. The number of tetrazole rings is 1. The predicted octanol–water partition coefficient (Wildman–Crippen LogP) is 1.73. The number of aromatic nitrogens is 4. The average Bonchev–Trinajstić information content (AvgIpc) is 2.82. The number of nitrogens with zero attached hydrogens (tertiary/aromatic N) is 5. The van der Waals surface area contributed by atoms with Crippen LogP contribution in [0.3, 0.4) is 0 Å². The minimum atomic E-state index is -0.511. The third kappa shape index (κ3) is 3.01. The summed E-state index contributed by atoms with van der Waals surface area (Å²) < 4.78 is 2.00. The molecular formula is C14H19N5O2. The van der Waals surface area contributed by atoms with E-state index in [1.54, 1.807) is 0 Å². The second kappa shape index (κ2) is 6.34. The Morgan fingerprint density at radius 1 is 1.24 bits per heavy atom. The van der Waals surface area contributed by atoms with Crippen LogP contribution in [0, 0.1) is 0 Å². The van der Waals surface area contributed by atoms with E-state index >= 15 is 0 Å². The molecule has 21 heavy (non-hydrogen) atoms. The van der Waals surface area contributed by atoms with E-state index in [0.717, 1.165) is 16.8 Å². The lowest BCUT2D eigenvalue weighted by Gasteiger charge is -2.25. The van der Waals surface area contributed by atoms with Gasteiger partial charge in [-0.1, -0.05) is 25.1 Å². The number of amides is 1. The first-order valence-corrected chi connectivity index (χ1v) is 6.97. The first-order chi connectivity index (χ1) is 10.1. The summed E-state index contributed by atoms with van der Waals surface area (Å²) in [5.41, 5.74) is 0.206. The molecule has 0 aliphatic carbocycles. The molecule has 0 saturated heterocycles. The maximum absolute atomic E-state index is 12.6. The van der Waals surface area contributed by atoms with E-state index in [2.05, 4.69) is 10.4 Å². The van der Waals surface area contributed by atoms with Gasteiger partial charge in [0.2, 0.25) is 0 Å². The van der Waals surface area contributed by atoms with Crippen LogP contribution in [-0.4, -0.2) is 31.9 Å². The summed E-state index contributed by atoms with van der Waals surface area (Å²) >= 11 is 0. The molecule has 1 heterocycles. The number of rotatable bonds is 4. The van der Waals surface area contributed by atoms with Crippen molar-refractivity contribution in [3.8, 4) is 0 Å². The van der Waals surface area contributed by atoms with Gasteiger partial charge in [0.15, 0.2) is 0 Å². The molecule has 1 amide bonds. The van der Waals surface area contributed by atoms with Crippen LogP contribution < -0.4 is 10.6 Å². The second-order valence-electron chi connectivity index (χ2n) is 4.98. The molecule has 1 aromatic carbocycles. The third-order valence-electron chi connectivity index (χ3n) is 3.01. The van der Waals surface area contributed by atoms with Gasteiger partial charge in [-0.2, -0.15) is 4.68 Å². The molecule has 2 rings (SSSR count). The lowest BCUT2D eigenvalue weighted by Crippen LogP contribution is -2.44. The average molecular weight is 289 g/mol. The highest BCUT2D eigenvalue weighted by atomic mass is 16.2. The molecule has 0 bridgehead atoms. The number of anilines is 1. The largest absolute Gasteiger partial charge is 0.372 e. The summed E-state index contributed by atoms with van der Waals surface area (Å²) in [6, 6.07) is 8.59. The van der Waals surface area contributed by atoms with Crippen molar-refractivity contribution in [2.24, 2.45) is 0 Å². The number of aryl methyl sites for hydroxylation is 1. The molecule has 0 fully saturated rings. The Bertz CT molecular complexity index is 660. The maximum atomic E-state index is 12.6. The van der Waals surface area contributed by atoms with Crippen molar-refractivity contribution in [3.05, 3.63) is 40.8 Å². The zero-order valence-electron chi connectivity index (χ0n) is 12.4. The molecule has 0 aliphatic rings. The van der Waals surface area contributed by atoms with E-state index in [-0.39, 0.29) is 6.04 Å². The molecule has 1 aromatic heterocycles. The van der Waals surface area contributed by atoms with E-state index in [4.69, 9.17) is 0 Å². The van der Waals surface area contributed by atoms with Crippen molar-refractivity contribution in [2.45, 2.75) is 39.8 Å². The van der Waals surface area contributed by atoms with Crippen LogP contribution in [0.1, 0.15) is 27.2 Å². The highest BCUT2D eigenvalue weighted by Gasteiger charge is 2.24. The first-order valence-electron chi connectivity index (χ1n) is 6.97. The summed E-state index contributed by atoms with van der Waals surface area (Å²) in [7, 11) is 0. The van der Waals surface area contributed by atoms with E-state index in [1.807, 2.05) is 51.1 Å². The molecule has 0 N–H and O–H groups in total. The van der Waals surface area contributed by atoms with Crippen LogP contribution in [0.25, 0.3) is 0 Å². The summed E-state index contributed by atoms with van der Waals surface area (Å²) in [5, 5.41) is 7.42. The number of carbonyl (C=O) groups excluding carboxylic acids is 1. The van der Waals surface area contributed by atoms with Gasteiger partial charge in [-0.15, -0.1) is 4.68 Å². The van der Waals surface area contributed by atoms with Gasteiger partial charge in [-0.05, 0) is 42.8 Å². The van der Waals surface area contributed by atoms with Crippen LogP contribution in [0.4, 0.5) is 10.5 Å². The fourth-order valence-electron chi connectivity index (χ4n) is 2.07. The predicted molar refractivity (Wildman–Crippen MR) is 79.4 cm³/mol. The Balaban J connectivity index is 2.38. The Hall–Kier alpha value is -2.44. The highest BCUT2D eigenvalue weighted by molar-refractivity contribution is 5.93. The van der Waals surface area contributed by atoms with E-state index < -0.39 is 11.7 Å². The van der Waals surface area contributed by atoms with Crippen molar-refractivity contribution < 1.29 is 4.79 Å². The zero-order valence-corrected chi connectivity index (χ0v) is 12.4. The fourth-order valence-corrected chi connectivity index (χ4v) is 2.07. The van der Waals surface area contributed by atoms with Gasteiger partial charge in [0.1, 0.15) is 0 Å². The molecule has 112 valence electrons. The summed E-state index contributed by atoms with van der Waals surface area (Å²) in [6.45, 7) is 6.13. The van der Waals surface area contributed by atoms with Gasteiger partial charge in [0, 0.05) is 18.3 Å². The number of para-hydroxylation sites is 1. The minimum absolute atomic E-state index is 0.108. The third-order valence-corrected chi connectivity index (χ3v) is 3.01. The number of carbonyl (C=O) groups is 1. The molecule has 0 atom stereocenters. The van der Waals surface area contributed by atoms with Crippen molar-refractivity contribution in [1.29, 1.82) is 0 Å². The van der Waals surface area contributed by atoms with Crippen LogP contribution in [0.2, 0.25) is 0 Å². The molecule has 0 unspecified atom stereocenters. The van der Waals surface area contributed by atoms with Gasteiger partial charge >= 0.3 is 11.7 Å². The van der Waals surface area contributed by atoms with Crippen LogP contribution in [-0.2, 0) is 6.54 Å². The molecule has 2 aromatic rings. The molecular weight excluding hydrogens is 270 g/mol. The second-order valence-corrected chi connectivity index (χ2v) is 4.98. The molecule has 7 heteroatoms. The normalized spacial score (nSPS) is 10.9. The van der Waals surface area contributed by atoms with Crippen molar-refractivity contribution in [2.75, 3.05) is 4.90 Å². The minimum Gasteiger partial charge on any atom is -0.290 e. The van der Waals surface area contributed by atoms with Crippen LogP contribution in [0.5, 0.6) is 0 Å². The number of benzene rings is 1. The van der Waals surface area contributed by atoms with Crippen molar-refractivity contribution in [1.82, 2.24) is 19.8 Å². The van der Waals surface area contributed by atoms with Gasteiger partial charge in [0.25, 0.3) is 0 Å². The maximum Gasteiger partial charge on any atom is 0.372 e. The van der Waals surface area contributed by atoms with Gasteiger partial charge < -0.3 is 0 Å². The number of hydrogen-bond donors (Lipinski definition) is 0. The topological polar surface area (TPSA) is 73.0 Å². The highest BCUT2D eigenvalue weighted by Crippen LogP contribution is 2.17. The monoisotopic (exact) mass is 289 g/mol. The lowest BCUT2D eigenvalue weighted by atomic mass is 10.2. The quantitative estimate of drug-likeness (QED) is 0.804. The summed E-state index contributed by atoms with van der Waals surface area (Å²) in [5.74, 6) is 0. The van der Waals surface area contributed by atoms with E-state index in [0.29, 0.717) is 6.54 Å². The van der Waals surface area contributed by atoms with Gasteiger partial charge in [-0.25, -0.2) is 9.59 Å². The Morgan fingerprint density at radius 2 is 1.90 bits per heavy atom. The standard InChI is InChI=1S/C14H19N5O2/c1-4-10-17-13(20)19(16-15-17)14(21)18(11(2)3)12-8-6-5-7-9-12/h5-9,11H,4,10H2,1-3H3. The molecule has 0 spiro atoms. The zero-order chi connectivity index (χ0) is 15.4. The van der Waals surface area contributed by atoms with Crippen LogP contribution in [0.15, 0.2) is 35.1 Å². The van der Waals surface area contributed by atoms with Crippen molar-refractivity contribution in [3.63, 3.8) is 0 Å². The van der Waals surface area contributed by atoms with Crippen molar-refractivity contribution >= 4 is 11.7 Å². The molecule has 0 radical (unpaired) electrons. The van der Waals surface area contributed by atoms with Gasteiger partial charge in [0.05, 0.1) is 0 Å². The molecule has 0 aliphatic heterocycles. The van der Waals surface area contributed by atoms with Gasteiger partial charge in [-0.3, -0.25) is 4.90 Å². The van der Waals surface area contributed by atoms with E-state index in [1.165, 1.54) is 9.58 Å². The Morgan fingerprint density at radius 3 is 2.48 bits per heavy atom. The lowest BCUT2D eigenvalue weighted by molar-refractivity contribution is 0.242. The summed E-state index contributed by atoms with van der Waals surface area (Å²) in [6.07, 6.45) is 0.749. The molecule has 7 nitrogen and oxygen atoms in total.